The van der Waals surface area contributed by atoms with Gasteiger partial charge in [-0.15, -0.1) is 0 Å². The third-order valence-electron chi connectivity index (χ3n) is 18.7. The smallest absolute Gasteiger partial charge is 0.305 e. The van der Waals surface area contributed by atoms with E-state index < -0.39 is 12.1 Å². The van der Waals surface area contributed by atoms with E-state index in [0.29, 0.717) is 19.4 Å². The Hall–Kier alpha value is -1.66. The zero-order chi connectivity index (χ0) is 62.0. The van der Waals surface area contributed by atoms with E-state index in [1.54, 1.807) is 6.08 Å². The lowest BCUT2D eigenvalue weighted by Gasteiger charge is -2.20. The number of carbonyl (C=O) groups is 2. The Morgan fingerprint density at radius 1 is 0.314 bits per heavy atom. The summed E-state index contributed by atoms with van der Waals surface area (Å²) in [5.41, 5.74) is 0. The Bertz CT molecular complexity index is 1350. The predicted molar refractivity (Wildman–Crippen MR) is 380 cm³/mol. The molecule has 0 rings (SSSR count). The molecule has 0 aliphatic rings. The van der Waals surface area contributed by atoms with Crippen molar-refractivity contribution >= 4 is 11.9 Å². The van der Waals surface area contributed by atoms with Crippen molar-refractivity contribution in [3.8, 4) is 0 Å². The van der Waals surface area contributed by atoms with Gasteiger partial charge >= 0.3 is 5.97 Å². The van der Waals surface area contributed by atoms with Gasteiger partial charge in [0.25, 0.3) is 0 Å². The molecule has 0 aromatic rings. The monoisotopic (exact) mass is 1210 g/mol. The highest BCUT2D eigenvalue weighted by Crippen LogP contribution is 2.20. The molecule has 0 aromatic heterocycles. The highest BCUT2D eigenvalue weighted by atomic mass is 16.5. The van der Waals surface area contributed by atoms with Gasteiger partial charge in [-0.05, 0) is 57.8 Å². The Kier molecular flexibility index (Phi) is 74.3. The maximum absolute atomic E-state index is 12.6. The summed E-state index contributed by atoms with van der Waals surface area (Å²) < 4.78 is 5.51. The number of carbonyl (C=O) groups excluding carboxylic acids is 2. The molecule has 6 heteroatoms. The summed E-state index contributed by atoms with van der Waals surface area (Å²) in [4.78, 5) is 24.7. The number of aliphatic hydroxyl groups excluding tert-OH is 2. The van der Waals surface area contributed by atoms with Crippen molar-refractivity contribution in [2.75, 3.05) is 13.2 Å². The third-order valence-corrected chi connectivity index (χ3v) is 18.7. The molecule has 0 aliphatic carbocycles. The Morgan fingerprint density at radius 2 is 0.547 bits per heavy atom. The van der Waals surface area contributed by atoms with Crippen LogP contribution in [0.1, 0.15) is 450 Å². The zero-order valence-corrected chi connectivity index (χ0v) is 58.6. The summed E-state index contributed by atoms with van der Waals surface area (Å²) in [6, 6.07) is -0.630. The quantitative estimate of drug-likeness (QED) is 0.0320. The van der Waals surface area contributed by atoms with Crippen LogP contribution in [0.15, 0.2) is 24.3 Å². The molecule has 0 aromatic carbocycles. The molecule has 2 unspecified atom stereocenters. The molecule has 0 aliphatic heterocycles. The number of hydrogen-bond donors (Lipinski definition) is 3. The maximum atomic E-state index is 12.6. The lowest BCUT2D eigenvalue weighted by atomic mass is 10.0. The summed E-state index contributed by atoms with van der Waals surface area (Å²) in [5, 5.41) is 23.3. The molecule has 2 atom stereocenters. The van der Waals surface area contributed by atoms with Crippen molar-refractivity contribution in [1.82, 2.24) is 5.32 Å². The number of esters is 1. The number of unbranched alkanes of at least 4 members (excludes halogenated alkanes) is 62. The molecule has 0 bridgehead atoms. The van der Waals surface area contributed by atoms with Crippen LogP contribution in [0.5, 0.6) is 0 Å². The van der Waals surface area contributed by atoms with Crippen molar-refractivity contribution in [2.24, 2.45) is 0 Å². The van der Waals surface area contributed by atoms with Gasteiger partial charge in [0.05, 0.1) is 25.4 Å². The number of amides is 1. The van der Waals surface area contributed by atoms with Crippen LogP contribution in [0.3, 0.4) is 0 Å². The molecule has 0 radical (unpaired) electrons. The van der Waals surface area contributed by atoms with E-state index in [9.17, 15) is 19.8 Å². The van der Waals surface area contributed by atoms with E-state index in [1.165, 1.54) is 385 Å². The van der Waals surface area contributed by atoms with E-state index in [4.69, 9.17) is 4.74 Å². The van der Waals surface area contributed by atoms with Crippen molar-refractivity contribution < 1.29 is 24.5 Å². The standard InChI is InChI=1S/C80H155NO5/c1-3-5-7-9-11-13-15-17-19-21-23-24-25-31-34-37-40-44-48-52-56-60-64-68-72-78(83)77(76-82)81-79(84)73-69-65-61-57-53-49-45-41-38-35-32-29-27-26-28-30-33-36-39-43-47-51-55-59-63-67-71-75-86-80(85)74-70-66-62-58-54-50-46-42-22-20-18-16-14-12-10-8-6-4-2/h26-27,68,72,77-78,82-83H,3-25,28-67,69-71,73-76H2,1-2H3,(H,81,84)/b27-26-,72-68+. The van der Waals surface area contributed by atoms with Crippen LogP contribution in [0.2, 0.25) is 0 Å². The van der Waals surface area contributed by atoms with Gasteiger partial charge < -0.3 is 20.3 Å². The fraction of sp³-hybridized carbons (Fsp3) is 0.925. The summed E-state index contributed by atoms with van der Waals surface area (Å²) in [6.07, 6.45) is 97.2. The Balaban J connectivity index is 3.39. The molecule has 0 heterocycles. The first-order chi connectivity index (χ1) is 42.5. The molecular formula is C80H155NO5. The van der Waals surface area contributed by atoms with Crippen LogP contribution in [0.4, 0.5) is 0 Å². The average Bonchev–Trinajstić information content (AvgIpc) is 3.55. The number of hydrogen-bond acceptors (Lipinski definition) is 5. The van der Waals surface area contributed by atoms with Crippen LogP contribution in [-0.2, 0) is 14.3 Å². The molecule has 0 saturated carbocycles. The summed E-state index contributed by atoms with van der Waals surface area (Å²) in [5.74, 6) is -0.0433. The highest BCUT2D eigenvalue weighted by molar-refractivity contribution is 5.76. The van der Waals surface area contributed by atoms with Crippen LogP contribution >= 0.6 is 0 Å². The first-order valence-electron chi connectivity index (χ1n) is 39.6. The molecule has 86 heavy (non-hydrogen) atoms. The molecule has 0 spiro atoms. The number of ether oxygens (including phenoxy) is 1. The third kappa shape index (κ3) is 71.4. The molecule has 1 amide bonds. The summed E-state index contributed by atoms with van der Waals surface area (Å²) >= 11 is 0. The highest BCUT2D eigenvalue weighted by Gasteiger charge is 2.18. The van der Waals surface area contributed by atoms with E-state index in [0.717, 1.165) is 38.5 Å². The van der Waals surface area contributed by atoms with E-state index >= 15 is 0 Å². The number of nitrogens with one attached hydrogen (secondary N) is 1. The lowest BCUT2D eigenvalue weighted by Crippen LogP contribution is -2.45. The Labute approximate surface area is 539 Å². The zero-order valence-electron chi connectivity index (χ0n) is 58.6. The van der Waals surface area contributed by atoms with E-state index in [2.05, 4.69) is 31.3 Å². The average molecular weight is 1210 g/mol. The molecular weight excluding hydrogens is 1050 g/mol. The summed E-state index contributed by atoms with van der Waals surface area (Å²) in [6.45, 7) is 4.96. The largest absolute Gasteiger partial charge is 0.466 e. The van der Waals surface area contributed by atoms with Crippen molar-refractivity contribution in [2.45, 2.75) is 463 Å². The predicted octanol–water partition coefficient (Wildman–Crippen LogP) is 26.0. The fourth-order valence-electron chi connectivity index (χ4n) is 12.7. The molecule has 0 fully saturated rings. The van der Waals surface area contributed by atoms with Crippen LogP contribution in [0.25, 0.3) is 0 Å². The second-order valence-corrected chi connectivity index (χ2v) is 27.4. The molecule has 6 nitrogen and oxygen atoms in total. The molecule has 0 saturated heterocycles. The topological polar surface area (TPSA) is 95.9 Å². The van der Waals surface area contributed by atoms with Gasteiger partial charge in [0.2, 0.25) is 5.91 Å². The Morgan fingerprint density at radius 3 is 0.826 bits per heavy atom. The number of rotatable bonds is 75. The van der Waals surface area contributed by atoms with Gasteiger partial charge in [-0.1, -0.05) is 404 Å². The molecule has 3 N–H and O–H groups in total. The van der Waals surface area contributed by atoms with Crippen molar-refractivity contribution in [3.05, 3.63) is 24.3 Å². The van der Waals surface area contributed by atoms with Gasteiger partial charge in [0, 0.05) is 12.8 Å². The van der Waals surface area contributed by atoms with Gasteiger partial charge in [0.1, 0.15) is 0 Å². The minimum absolute atomic E-state index is 0.0203. The minimum Gasteiger partial charge on any atom is -0.466 e. The van der Waals surface area contributed by atoms with Crippen LogP contribution in [0, 0.1) is 0 Å². The maximum Gasteiger partial charge on any atom is 0.305 e. The SMILES string of the molecule is CCCCCCCCCCCCCCCCCCCCCCCC/C=C/C(O)C(CO)NC(=O)CCCCCCCCCCCCC/C=C\CCCCCCCCCCCCCCOC(=O)CCCCCCCCCCCCCCCCCCCC. The lowest BCUT2D eigenvalue weighted by molar-refractivity contribution is -0.143. The van der Waals surface area contributed by atoms with Gasteiger partial charge in [0.15, 0.2) is 0 Å². The van der Waals surface area contributed by atoms with E-state index in [-0.39, 0.29) is 18.5 Å². The second kappa shape index (κ2) is 75.8. The van der Waals surface area contributed by atoms with Gasteiger partial charge in [-0.3, -0.25) is 9.59 Å². The first-order valence-corrected chi connectivity index (χ1v) is 39.6. The molecule has 510 valence electrons. The number of allylic oxidation sites excluding steroid dienone is 3. The van der Waals surface area contributed by atoms with Gasteiger partial charge in [-0.25, -0.2) is 0 Å². The normalized spacial score (nSPS) is 12.6. The minimum atomic E-state index is -0.847. The summed E-state index contributed by atoms with van der Waals surface area (Å²) in [7, 11) is 0. The van der Waals surface area contributed by atoms with Crippen molar-refractivity contribution in [1.29, 1.82) is 0 Å². The van der Waals surface area contributed by atoms with Crippen LogP contribution in [-0.4, -0.2) is 47.4 Å². The second-order valence-electron chi connectivity index (χ2n) is 27.4. The fourth-order valence-corrected chi connectivity index (χ4v) is 12.7. The van der Waals surface area contributed by atoms with E-state index in [1.807, 2.05) is 6.08 Å². The van der Waals surface area contributed by atoms with Gasteiger partial charge in [-0.2, -0.15) is 0 Å². The van der Waals surface area contributed by atoms with Crippen LogP contribution < -0.4 is 5.32 Å². The number of aliphatic hydroxyl groups is 2. The van der Waals surface area contributed by atoms with Crippen molar-refractivity contribution in [3.63, 3.8) is 0 Å². The first kappa shape index (κ1) is 84.3.